The highest BCUT2D eigenvalue weighted by atomic mass is 32.2. The van der Waals surface area contributed by atoms with Gasteiger partial charge in [-0.2, -0.15) is 11.8 Å². The maximum atomic E-state index is 14.0. The highest BCUT2D eigenvalue weighted by Gasteiger charge is 2.28. The largest absolute Gasteiger partial charge is 0.330 e. The number of rotatable bonds is 2. The summed E-state index contributed by atoms with van der Waals surface area (Å²) in [5.41, 5.74) is 0.841. The van der Waals surface area contributed by atoms with Crippen LogP contribution in [0.3, 0.4) is 0 Å². The number of fused-ring (bicyclic) bond motifs is 1. The van der Waals surface area contributed by atoms with Crippen LogP contribution in [0.2, 0.25) is 0 Å². The molecular weight excluding hydrogens is 286 g/mol. The van der Waals surface area contributed by atoms with Crippen molar-refractivity contribution in [3.8, 4) is 0 Å². The standard InChI is InChI=1S/C13H14F2N2S2/c1-19-8-3-2-7(6-8)17-12-10(16-13(17)18)5-4-9(14)11(12)15/h4-5,7-8H,2-3,6H2,1H3,(H,16,18). The van der Waals surface area contributed by atoms with E-state index in [9.17, 15) is 8.78 Å². The van der Waals surface area contributed by atoms with Gasteiger partial charge in [0.25, 0.3) is 0 Å². The number of H-pyrrole nitrogens is 1. The molecule has 2 unspecified atom stereocenters. The first-order valence-electron chi connectivity index (χ1n) is 6.23. The predicted octanol–water partition coefficient (Wildman–Crippen LogP) is 4.43. The van der Waals surface area contributed by atoms with Crippen molar-refractivity contribution in [1.82, 2.24) is 9.55 Å². The second kappa shape index (κ2) is 4.90. The van der Waals surface area contributed by atoms with E-state index < -0.39 is 11.6 Å². The van der Waals surface area contributed by atoms with Crippen LogP contribution in [0, 0.1) is 16.4 Å². The Morgan fingerprint density at radius 2 is 2.16 bits per heavy atom. The monoisotopic (exact) mass is 300 g/mol. The first-order chi connectivity index (χ1) is 9.11. The lowest BCUT2D eigenvalue weighted by molar-refractivity contribution is 0.490. The zero-order valence-electron chi connectivity index (χ0n) is 10.5. The van der Waals surface area contributed by atoms with Crippen LogP contribution >= 0.6 is 24.0 Å². The van der Waals surface area contributed by atoms with Crippen molar-refractivity contribution in [3.05, 3.63) is 28.5 Å². The summed E-state index contributed by atoms with van der Waals surface area (Å²) >= 11 is 7.11. The fraction of sp³-hybridized carbons (Fsp3) is 0.462. The number of aromatic amines is 1. The maximum Gasteiger partial charge on any atom is 0.184 e. The molecule has 19 heavy (non-hydrogen) atoms. The number of aromatic nitrogens is 2. The lowest BCUT2D eigenvalue weighted by Gasteiger charge is -2.14. The summed E-state index contributed by atoms with van der Waals surface area (Å²) in [7, 11) is 0. The number of thioether (sulfide) groups is 1. The van der Waals surface area contributed by atoms with Gasteiger partial charge in [-0.3, -0.25) is 0 Å². The van der Waals surface area contributed by atoms with Crippen molar-refractivity contribution in [3.63, 3.8) is 0 Å². The molecule has 1 aliphatic rings. The van der Waals surface area contributed by atoms with Gasteiger partial charge in [-0.05, 0) is 49.9 Å². The van der Waals surface area contributed by atoms with Crippen LogP contribution in [0.25, 0.3) is 11.0 Å². The molecule has 2 aromatic rings. The Balaban J connectivity index is 2.16. The number of benzene rings is 1. The number of nitrogens with zero attached hydrogens (tertiary/aromatic N) is 1. The molecule has 3 rings (SSSR count). The minimum Gasteiger partial charge on any atom is -0.330 e. The SMILES string of the molecule is CSC1CCC(n2c(=S)[nH]c3ccc(F)c(F)c32)C1. The molecule has 0 spiro atoms. The molecule has 102 valence electrons. The molecule has 0 aliphatic heterocycles. The van der Waals surface area contributed by atoms with Gasteiger partial charge in [0, 0.05) is 11.3 Å². The third kappa shape index (κ3) is 2.10. The molecule has 0 saturated heterocycles. The zero-order valence-corrected chi connectivity index (χ0v) is 12.1. The zero-order chi connectivity index (χ0) is 13.6. The van der Waals surface area contributed by atoms with Crippen molar-refractivity contribution in [2.75, 3.05) is 6.26 Å². The van der Waals surface area contributed by atoms with Crippen LogP contribution in [-0.4, -0.2) is 21.1 Å². The van der Waals surface area contributed by atoms with Crippen molar-refractivity contribution in [1.29, 1.82) is 0 Å². The Morgan fingerprint density at radius 3 is 2.84 bits per heavy atom. The minimum absolute atomic E-state index is 0.162. The summed E-state index contributed by atoms with van der Waals surface area (Å²) in [6.07, 6.45) is 5.10. The Hall–Kier alpha value is -0.880. The third-order valence-electron chi connectivity index (χ3n) is 3.83. The predicted molar refractivity (Wildman–Crippen MR) is 77.2 cm³/mol. The summed E-state index contributed by atoms with van der Waals surface area (Å²) in [6, 6.07) is 2.84. The molecule has 0 bridgehead atoms. The molecule has 1 N–H and O–H groups in total. The molecule has 1 fully saturated rings. The van der Waals surface area contributed by atoms with Crippen molar-refractivity contribution in [2.24, 2.45) is 0 Å². The molecule has 2 nitrogen and oxygen atoms in total. The number of imidazole rings is 1. The van der Waals surface area contributed by atoms with Crippen molar-refractivity contribution >= 4 is 35.0 Å². The first-order valence-corrected chi connectivity index (χ1v) is 7.92. The average Bonchev–Trinajstić information content (AvgIpc) is 2.97. The van der Waals surface area contributed by atoms with Crippen LogP contribution in [0.15, 0.2) is 12.1 Å². The summed E-state index contributed by atoms with van der Waals surface area (Å²) in [5, 5.41) is 0.577. The van der Waals surface area contributed by atoms with Crippen molar-refractivity contribution in [2.45, 2.75) is 30.6 Å². The van der Waals surface area contributed by atoms with Gasteiger partial charge in [0.2, 0.25) is 0 Å². The lowest BCUT2D eigenvalue weighted by Crippen LogP contribution is -2.07. The van der Waals surface area contributed by atoms with Crippen molar-refractivity contribution < 1.29 is 8.78 Å². The number of nitrogens with one attached hydrogen (secondary N) is 1. The second-order valence-corrected chi connectivity index (χ2v) is 6.41. The molecule has 2 atom stereocenters. The molecule has 1 aromatic carbocycles. The Labute approximate surface area is 119 Å². The second-order valence-electron chi connectivity index (χ2n) is 4.88. The minimum atomic E-state index is -0.824. The van der Waals surface area contributed by atoms with Crippen LogP contribution in [-0.2, 0) is 0 Å². The molecule has 0 radical (unpaired) electrons. The number of hydrogen-bond acceptors (Lipinski definition) is 2. The first kappa shape index (κ1) is 13.1. The summed E-state index contributed by atoms with van der Waals surface area (Å²) in [6.45, 7) is 0. The van der Waals surface area contributed by atoms with Crippen LogP contribution in [0.1, 0.15) is 25.3 Å². The van der Waals surface area contributed by atoms with Crippen LogP contribution < -0.4 is 0 Å². The lowest BCUT2D eigenvalue weighted by atomic mass is 10.2. The van der Waals surface area contributed by atoms with Gasteiger partial charge >= 0.3 is 0 Å². The molecule has 1 saturated carbocycles. The van der Waals surface area contributed by atoms with Gasteiger partial charge in [-0.15, -0.1) is 0 Å². The van der Waals surface area contributed by atoms with E-state index in [1.165, 1.54) is 0 Å². The van der Waals surface area contributed by atoms with Gasteiger partial charge in [-0.1, -0.05) is 0 Å². The fourth-order valence-electron chi connectivity index (χ4n) is 2.87. The molecule has 1 aliphatic carbocycles. The maximum absolute atomic E-state index is 14.0. The Kier molecular flexibility index (Phi) is 3.39. The van der Waals surface area contributed by atoms with E-state index in [2.05, 4.69) is 11.2 Å². The van der Waals surface area contributed by atoms with E-state index in [0.717, 1.165) is 25.3 Å². The number of halogens is 2. The van der Waals surface area contributed by atoms with E-state index in [1.807, 2.05) is 11.8 Å². The smallest absolute Gasteiger partial charge is 0.184 e. The molecule has 1 aromatic heterocycles. The van der Waals surface area contributed by atoms with E-state index in [0.29, 0.717) is 15.5 Å². The molecule has 0 amide bonds. The molecular formula is C13H14F2N2S2. The molecule has 6 heteroatoms. The van der Waals surface area contributed by atoms with Gasteiger partial charge < -0.3 is 9.55 Å². The van der Waals surface area contributed by atoms with E-state index in [-0.39, 0.29) is 11.6 Å². The quantitative estimate of drug-likeness (QED) is 0.828. The van der Waals surface area contributed by atoms with Crippen LogP contribution in [0.4, 0.5) is 8.78 Å². The highest BCUT2D eigenvalue weighted by Crippen LogP contribution is 2.38. The normalized spacial score (nSPS) is 23.3. The van der Waals surface area contributed by atoms with Gasteiger partial charge in [0.05, 0.1) is 5.52 Å². The average molecular weight is 300 g/mol. The van der Waals surface area contributed by atoms with E-state index >= 15 is 0 Å². The van der Waals surface area contributed by atoms with Gasteiger partial charge in [0.1, 0.15) is 5.52 Å². The Bertz CT molecular complexity index is 677. The van der Waals surface area contributed by atoms with E-state index in [4.69, 9.17) is 12.2 Å². The fourth-order valence-corrected chi connectivity index (χ4v) is 4.00. The van der Waals surface area contributed by atoms with Gasteiger partial charge in [0.15, 0.2) is 16.4 Å². The topological polar surface area (TPSA) is 20.7 Å². The summed E-state index contributed by atoms with van der Waals surface area (Å²) < 4.78 is 29.7. The van der Waals surface area contributed by atoms with Gasteiger partial charge in [-0.25, -0.2) is 8.78 Å². The number of hydrogen-bond donors (Lipinski definition) is 1. The summed E-state index contributed by atoms with van der Waals surface area (Å²) in [5.74, 6) is -1.63. The van der Waals surface area contributed by atoms with Crippen LogP contribution in [0.5, 0.6) is 0 Å². The van der Waals surface area contributed by atoms with E-state index in [1.54, 1.807) is 10.6 Å². The highest BCUT2D eigenvalue weighted by molar-refractivity contribution is 7.99. The Morgan fingerprint density at radius 1 is 1.37 bits per heavy atom. The summed E-state index contributed by atoms with van der Waals surface area (Å²) in [4.78, 5) is 2.97. The third-order valence-corrected chi connectivity index (χ3v) is 5.22. The molecule has 1 heterocycles.